The Balaban J connectivity index is 1.17. The van der Waals surface area contributed by atoms with Crippen LogP contribution < -0.4 is 10.6 Å². The maximum absolute atomic E-state index is 13.1. The quantitative estimate of drug-likeness (QED) is 0.671. The van der Waals surface area contributed by atoms with Gasteiger partial charge in [-0.3, -0.25) is 14.5 Å². The first-order chi connectivity index (χ1) is 14.3. The Kier molecular flexibility index (Phi) is 5.37. The van der Waals surface area contributed by atoms with Crippen LogP contribution in [0.4, 0.5) is 0 Å². The highest BCUT2D eigenvalue weighted by Gasteiger charge is 2.54. The van der Waals surface area contributed by atoms with Crippen LogP contribution in [0.1, 0.15) is 57.8 Å². The summed E-state index contributed by atoms with van der Waals surface area (Å²) in [6, 6.07) is -0.518. The average molecular weight is 438 g/mol. The molecular weight excluding hydrogens is 402 g/mol. The zero-order valence-electron chi connectivity index (χ0n) is 17.8. The number of nitrogens with zero attached hydrogens (tertiary/aromatic N) is 1. The van der Waals surface area contributed by atoms with Crippen molar-refractivity contribution in [2.24, 2.45) is 23.2 Å². The van der Waals surface area contributed by atoms with Gasteiger partial charge in [0, 0.05) is 11.5 Å². The van der Waals surface area contributed by atoms with Crippen LogP contribution in [0.2, 0.25) is 0 Å². The van der Waals surface area contributed by atoms with Gasteiger partial charge in [0.15, 0.2) is 9.84 Å². The number of nitrogens with one attached hydrogen (secondary N) is 2. The van der Waals surface area contributed by atoms with Crippen LogP contribution in [0, 0.1) is 23.2 Å². The largest absolute Gasteiger partial charge is 0.349 e. The summed E-state index contributed by atoms with van der Waals surface area (Å²) in [5.74, 6) is 1.96. The lowest BCUT2D eigenvalue weighted by atomic mass is 9.49. The van der Waals surface area contributed by atoms with Gasteiger partial charge in [-0.25, -0.2) is 8.42 Å². The van der Waals surface area contributed by atoms with E-state index in [9.17, 15) is 18.0 Å². The van der Waals surface area contributed by atoms with Crippen molar-refractivity contribution in [1.82, 2.24) is 15.5 Å². The van der Waals surface area contributed by atoms with Crippen LogP contribution in [0.3, 0.4) is 0 Å². The fourth-order valence-corrected chi connectivity index (χ4v) is 9.52. The van der Waals surface area contributed by atoms with Gasteiger partial charge in [0.2, 0.25) is 11.8 Å². The predicted molar refractivity (Wildman–Crippen MR) is 113 cm³/mol. The Morgan fingerprint density at radius 2 is 1.50 bits per heavy atom. The first kappa shape index (κ1) is 20.7. The first-order valence-corrected chi connectivity index (χ1v) is 13.7. The van der Waals surface area contributed by atoms with Crippen LogP contribution >= 0.6 is 0 Å². The van der Waals surface area contributed by atoms with Gasteiger partial charge < -0.3 is 10.6 Å². The number of hydrogen-bond acceptors (Lipinski definition) is 5. The van der Waals surface area contributed by atoms with Crippen LogP contribution in [-0.2, 0) is 19.4 Å². The third-order valence-corrected chi connectivity index (χ3v) is 10.2. The molecule has 2 aliphatic heterocycles. The molecule has 2 N–H and O–H groups in total. The molecule has 2 unspecified atom stereocenters. The molecule has 4 saturated carbocycles. The van der Waals surface area contributed by atoms with E-state index in [1.165, 1.54) is 25.7 Å². The van der Waals surface area contributed by atoms with E-state index in [1.807, 2.05) is 0 Å². The van der Waals surface area contributed by atoms with Crippen LogP contribution in [-0.4, -0.2) is 68.4 Å². The lowest BCUT2D eigenvalue weighted by Crippen LogP contribution is -2.56. The molecule has 0 radical (unpaired) electrons. The molecule has 30 heavy (non-hydrogen) atoms. The highest BCUT2D eigenvalue weighted by molar-refractivity contribution is 7.91. The number of likely N-dealkylation sites (tertiary alicyclic amines) is 1. The molecule has 2 heterocycles. The van der Waals surface area contributed by atoms with Crippen LogP contribution in [0.25, 0.3) is 0 Å². The fourth-order valence-electron chi connectivity index (χ4n) is 7.57. The molecule has 2 amide bonds. The van der Waals surface area contributed by atoms with Crippen molar-refractivity contribution in [3.05, 3.63) is 0 Å². The summed E-state index contributed by atoms with van der Waals surface area (Å²) in [5, 5.41) is 5.85. The topological polar surface area (TPSA) is 95.6 Å². The molecule has 0 spiro atoms. The minimum atomic E-state index is -3.15. The summed E-state index contributed by atoms with van der Waals surface area (Å²) >= 11 is 0. The molecular formula is C22H35N3O4S. The maximum atomic E-state index is 13.1. The summed E-state index contributed by atoms with van der Waals surface area (Å²) in [6.07, 6.45) is 10.1. The molecule has 6 rings (SSSR count). The van der Waals surface area contributed by atoms with Crippen molar-refractivity contribution in [3.63, 3.8) is 0 Å². The van der Waals surface area contributed by atoms with E-state index in [0.29, 0.717) is 17.8 Å². The van der Waals surface area contributed by atoms with Crippen LogP contribution in [0.15, 0.2) is 0 Å². The lowest BCUT2D eigenvalue weighted by molar-refractivity contribution is -0.147. The SMILES string of the molecule is O=C(CNC(=O)C12CC3CC(CC(C3)C1)C2)NC1CS(=O)(=O)CC1N1CCCCC1. The lowest BCUT2D eigenvalue weighted by Gasteiger charge is -2.55. The van der Waals surface area contributed by atoms with Crippen molar-refractivity contribution in [1.29, 1.82) is 0 Å². The van der Waals surface area contributed by atoms with Gasteiger partial charge in [0.1, 0.15) is 0 Å². The second kappa shape index (κ2) is 7.76. The molecule has 7 nitrogen and oxygen atoms in total. The summed E-state index contributed by atoms with van der Waals surface area (Å²) < 4.78 is 24.5. The van der Waals surface area contributed by atoms with E-state index in [4.69, 9.17) is 0 Å². The summed E-state index contributed by atoms with van der Waals surface area (Å²) in [5.41, 5.74) is -0.262. The average Bonchev–Trinajstić information content (AvgIpc) is 3.00. The molecule has 6 aliphatic rings. The Bertz CT molecular complexity index is 770. The van der Waals surface area contributed by atoms with E-state index in [1.54, 1.807) is 0 Å². The fraction of sp³-hybridized carbons (Fsp3) is 0.909. The molecule has 4 aliphatic carbocycles. The molecule has 0 aromatic carbocycles. The standard InChI is InChI=1S/C22H35N3O4S/c26-20(24-18-13-30(28,29)14-19(18)25-4-2-1-3-5-25)12-23-21(27)22-9-15-6-16(10-22)8-17(7-15)11-22/h15-19H,1-14H2,(H,23,27)(H,24,26). The number of rotatable bonds is 5. The van der Waals surface area contributed by atoms with Gasteiger partial charge in [0.05, 0.1) is 24.1 Å². The van der Waals surface area contributed by atoms with Gasteiger partial charge in [-0.05, 0) is 82.2 Å². The van der Waals surface area contributed by atoms with Crippen molar-refractivity contribution < 1.29 is 18.0 Å². The second-order valence-electron chi connectivity index (χ2n) is 10.8. The Hall–Kier alpha value is -1.15. The van der Waals surface area contributed by atoms with Gasteiger partial charge in [-0.15, -0.1) is 0 Å². The zero-order valence-corrected chi connectivity index (χ0v) is 18.6. The Morgan fingerprint density at radius 3 is 2.10 bits per heavy atom. The van der Waals surface area contributed by atoms with E-state index in [0.717, 1.165) is 45.2 Å². The highest BCUT2D eigenvalue weighted by atomic mass is 32.2. The normalized spacial score (nSPS) is 42.2. The monoisotopic (exact) mass is 437 g/mol. The molecule has 0 aromatic rings. The summed E-state index contributed by atoms with van der Waals surface area (Å²) in [7, 11) is -3.15. The molecule has 4 bridgehead atoms. The minimum Gasteiger partial charge on any atom is -0.349 e. The number of piperidine rings is 1. The number of sulfone groups is 1. The molecule has 168 valence electrons. The smallest absolute Gasteiger partial charge is 0.239 e. The third kappa shape index (κ3) is 4.01. The molecule has 8 heteroatoms. The van der Waals surface area contributed by atoms with Gasteiger partial charge in [-0.2, -0.15) is 0 Å². The Labute approximate surface area is 179 Å². The molecule has 2 saturated heterocycles. The van der Waals surface area contributed by atoms with E-state index in [-0.39, 0.29) is 47.4 Å². The number of carbonyl (C=O) groups is 2. The molecule has 6 fully saturated rings. The van der Waals surface area contributed by atoms with Crippen molar-refractivity contribution >= 4 is 21.7 Å². The zero-order chi connectivity index (χ0) is 20.9. The highest BCUT2D eigenvalue weighted by Crippen LogP contribution is 2.60. The van der Waals surface area contributed by atoms with E-state index in [2.05, 4.69) is 15.5 Å². The number of carbonyl (C=O) groups excluding carboxylic acids is 2. The van der Waals surface area contributed by atoms with E-state index >= 15 is 0 Å². The third-order valence-electron chi connectivity index (χ3n) is 8.46. The molecule has 2 atom stereocenters. The van der Waals surface area contributed by atoms with Gasteiger partial charge in [0.25, 0.3) is 0 Å². The summed E-state index contributed by atoms with van der Waals surface area (Å²) in [6.45, 7) is 1.74. The molecule has 0 aromatic heterocycles. The predicted octanol–water partition coefficient (Wildman–Crippen LogP) is 1.09. The first-order valence-electron chi connectivity index (χ1n) is 11.8. The van der Waals surface area contributed by atoms with Crippen molar-refractivity contribution in [2.75, 3.05) is 31.1 Å². The van der Waals surface area contributed by atoms with Gasteiger partial charge >= 0.3 is 0 Å². The van der Waals surface area contributed by atoms with Crippen molar-refractivity contribution in [2.45, 2.75) is 69.9 Å². The van der Waals surface area contributed by atoms with Crippen LogP contribution in [0.5, 0.6) is 0 Å². The van der Waals surface area contributed by atoms with Gasteiger partial charge in [-0.1, -0.05) is 6.42 Å². The number of amides is 2. The minimum absolute atomic E-state index is 0.00281. The second-order valence-corrected chi connectivity index (χ2v) is 12.9. The Morgan fingerprint density at radius 1 is 0.900 bits per heavy atom. The van der Waals surface area contributed by atoms with E-state index < -0.39 is 9.84 Å². The summed E-state index contributed by atoms with van der Waals surface area (Å²) in [4.78, 5) is 27.9. The van der Waals surface area contributed by atoms with Crippen molar-refractivity contribution in [3.8, 4) is 0 Å². The maximum Gasteiger partial charge on any atom is 0.239 e. The number of hydrogen-bond donors (Lipinski definition) is 2.